The molecule has 0 saturated carbocycles. The van der Waals surface area contributed by atoms with E-state index >= 15 is 0 Å². The second-order valence-electron chi connectivity index (χ2n) is 4.04. The van der Waals surface area contributed by atoms with Crippen molar-refractivity contribution in [2.75, 3.05) is 7.05 Å². The van der Waals surface area contributed by atoms with Gasteiger partial charge >= 0.3 is 0 Å². The second kappa shape index (κ2) is 6.34. The van der Waals surface area contributed by atoms with E-state index in [9.17, 15) is 8.42 Å². The molecule has 2 aromatic rings. The lowest BCUT2D eigenvalue weighted by Crippen LogP contribution is -2.26. The van der Waals surface area contributed by atoms with Gasteiger partial charge in [0, 0.05) is 22.9 Å². The van der Waals surface area contributed by atoms with Gasteiger partial charge in [0.15, 0.2) is 0 Å². The number of hydrogen-bond donors (Lipinski definition) is 0. The van der Waals surface area contributed by atoms with Crippen molar-refractivity contribution in [2.45, 2.75) is 11.4 Å². The molecule has 0 aliphatic heterocycles. The van der Waals surface area contributed by atoms with Crippen LogP contribution in [0.4, 0.5) is 0 Å². The van der Waals surface area contributed by atoms with Crippen LogP contribution in [-0.2, 0) is 16.6 Å². The van der Waals surface area contributed by atoms with Crippen LogP contribution in [0.15, 0.2) is 39.7 Å². The highest BCUT2D eigenvalue weighted by atomic mass is 79.9. The van der Waals surface area contributed by atoms with Crippen LogP contribution in [0.2, 0.25) is 9.36 Å². The molecule has 0 N–H and O–H groups in total. The van der Waals surface area contributed by atoms with Gasteiger partial charge in [-0.25, -0.2) is 8.42 Å². The van der Waals surface area contributed by atoms with E-state index in [1.165, 1.54) is 34.8 Å². The lowest BCUT2D eigenvalue weighted by atomic mass is 10.4. The van der Waals surface area contributed by atoms with Crippen molar-refractivity contribution in [3.63, 3.8) is 0 Å². The van der Waals surface area contributed by atoms with Crippen molar-refractivity contribution in [1.29, 1.82) is 0 Å². The summed E-state index contributed by atoms with van der Waals surface area (Å²) in [6.07, 6.45) is 0. The third kappa shape index (κ3) is 3.55. The first-order valence-corrected chi connectivity index (χ1v) is 9.27. The molecular formula is C12H10BrCl2NO2S2. The fraction of sp³-hybridized carbons (Fsp3) is 0.167. The number of thiophene rings is 1. The normalized spacial score (nSPS) is 12.1. The third-order valence-corrected chi connectivity index (χ3v) is 6.84. The Kier molecular flexibility index (Phi) is 5.15. The smallest absolute Gasteiger partial charge is 0.207 e. The molecule has 108 valence electrons. The number of halogens is 3. The average Bonchev–Trinajstić information content (AvgIpc) is 2.78. The Morgan fingerprint density at radius 1 is 1.25 bits per heavy atom. The number of rotatable bonds is 4. The standard InChI is InChI=1S/C12H10BrCl2NO2S2/c1-16(7-8-2-5-12(15)19-8)20(17,18)9-3-4-11(14)10(13)6-9/h2-6H,7H2,1H3. The SMILES string of the molecule is CN(Cc1ccc(Cl)s1)S(=O)(=O)c1ccc(Cl)c(Br)c1. The predicted molar refractivity (Wildman–Crippen MR) is 87.1 cm³/mol. The van der Waals surface area contributed by atoms with Crippen LogP contribution in [0.5, 0.6) is 0 Å². The summed E-state index contributed by atoms with van der Waals surface area (Å²) in [7, 11) is -2.03. The van der Waals surface area contributed by atoms with Crippen LogP contribution in [0.3, 0.4) is 0 Å². The summed E-state index contributed by atoms with van der Waals surface area (Å²) in [6.45, 7) is 0.278. The predicted octanol–water partition coefficient (Wildman–Crippen LogP) is 4.64. The van der Waals surface area contributed by atoms with E-state index in [-0.39, 0.29) is 11.4 Å². The molecule has 0 radical (unpaired) electrons. The van der Waals surface area contributed by atoms with Gasteiger partial charge < -0.3 is 0 Å². The Balaban J connectivity index is 2.27. The fourth-order valence-corrected chi connectivity index (χ4v) is 4.60. The molecule has 0 aliphatic rings. The van der Waals surface area contributed by atoms with Gasteiger partial charge in [-0.2, -0.15) is 4.31 Å². The molecule has 0 saturated heterocycles. The van der Waals surface area contributed by atoms with Crippen LogP contribution in [0.1, 0.15) is 4.88 Å². The fourth-order valence-electron chi connectivity index (χ4n) is 1.56. The van der Waals surface area contributed by atoms with Crippen molar-refractivity contribution in [1.82, 2.24) is 4.31 Å². The first-order valence-electron chi connectivity index (χ1n) is 5.46. The summed E-state index contributed by atoms with van der Waals surface area (Å²) in [5, 5.41) is 0.469. The molecule has 8 heteroatoms. The molecule has 3 nitrogen and oxygen atoms in total. The number of sulfonamides is 1. The monoisotopic (exact) mass is 413 g/mol. The van der Waals surface area contributed by atoms with Crippen molar-refractivity contribution < 1.29 is 8.42 Å². The molecule has 1 aromatic heterocycles. The molecule has 0 aliphatic carbocycles. The molecule has 1 heterocycles. The van der Waals surface area contributed by atoms with Gasteiger partial charge in [0.05, 0.1) is 14.3 Å². The van der Waals surface area contributed by atoms with Crippen LogP contribution in [0.25, 0.3) is 0 Å². The van der Waals surface area contributed by atoms with Crippen LogP contribution >= 0.6 is 50.5 Å². The number of nitrogens with zero attached hydrogens (tertiary/aromatic N) is 1. The summed E-state index contributed by atoms with van der Waals surface area (Å²) in [6, 6.07) is 8.10. The van der Waals surface area contributed by atoms with E-state index in [0.29, 0.717) is 13.8 Å². The van der Waals surface area contributed by atoms with E-state index < -0.39 is 10.0 Å². The summed E-state index contributed by atoms with van der Waals surface area (Å²) >= 11 is 16.3. The Morgan fingerprint density at radius 2 is 1.95 bits per heavy atom. The Labute approximate surface area is 140 Å². The quantitative estimate of drug-likeness (QED) is 0.730. The zero-order chi connectivity index (χ0) is 14.9. The minimum atomic E-state index is -3.56. The first-order chi connectivity index (χ1) is 9.30. The van der Waals surface area contributed by atoms with Gasteiger partial charge in [-0.15, -0.1) is 11.3 Å². The molecular weight excluding hydrogens is 405 g/mol. The van der Waals surface area contributed by atoms with Crippen molar-refractivity contribution in [3.05, 3.63) is 49.0 Å². The van der Waals surface area contributed by atoms with Gasteiger partial charge in [-0.05, 0) is 46.3 Å². The highest BCUT2D eigenvalue weighted by Crippen LogP contribution is 2.28. The second-order valence-corrected chi connectivity index (χ2v) is 9.15. The van der Waals surface area contributed by atoms with E-state index in [0.717, 1.165) is 4.88 Å². The lowest BCUT2D eigenvalue weighted by Gasteiger charge is -2.16. The average molecular weight is 415 g/mol. The van der Waals surface area contributed by atoms with Gasteiger partial charge in [0.2, 0.25) is 10.0 Å². The molecule has 0 bridgehead atoms. The Hall–Kier alpha value is -0.110. The van der Waals surface area contributed by atoms with E-state index in [4.69, 9.17) is 23.2 Å². The Morgan fingerprint density at radius 3 is 2.50 bits per heavy atom. The molecule has 20 heavy (non-hydrogen) atoms. The zero-order valence-corrected chi connectivity index (χ0v) is 15.0. The minimum absolute atomic E-state index is 0.193. The first kappa shape index (κ1) is 16.3. The maximum Gasteiger partial charge on any atom is 0.243 e. The van der Waals surface area contributed by atoms with Gasteiger partial charge in [-0.3, -0.25) is 0 Å². The van der Waals surface area contributed by atoms with E-state index in [1.807, 2.05) is 6.07 Å². The molecule has 0 unspecified atom stereocenters. The molecule has 0 atom stereocenters. The van der Waals surface area contributed by atoms with Crippen LogP contribution in [0, 0.1) is 0 Å². The minimum Gasteiger partial charge on any atom is -0.207 e. The summed E-state index contributed by atoms with van der Waals surface area (Å²) in [4.78, 5) is 1.08. The zero-order valence-electron chi connectivity index (χ0n) is 10.3. The van der Waals surface area contributed by atoms with Crippen molar-refractivity contribution in [3.8, 4) is 0 Å². The van der Waals surface area contributed by atoms with Crippen molar-refractivity contribution in [2.24, 2.45) is 0 Å². The molecule has 0 amide bonds. The van der Waals surface area contributed by atoms with Crippen LogP contribution < -0.4 is 0 Å². The molecule has 2 rings (SSSR count). The highest BCUT2D eigenvalue weighted by Gasteiger charge is 2.22. The topological polar surface area (TPSA) is 37.4 Å². The molecule has 0 spiro atoms. The van der Waals surface area contributed by atoms with Gasteiger partial charge in [0.25, 0.3) is 0 Å². The maximum absolute atomic E-state index is 12.4. The molecule has 1 aromatic carbocycles. The third-order valence-electron chi connectivity index (χ3n) is 2.61. The van der Waals surface area contributed by atoms with Crippen LogP contribution in [-0.4, -0.2) is 19.8 Å². The summed E-state index contributed by atoms with van der Waals surface area (Å²) in [5.41, 5.74) is 0. The van der Waals surface area contributed by atoms with E-state index in [1.54, 1.807) is 12.1 Å². The largest absolute Gasteiger partial charge is 0.243 e. The number of hydrogen-bond acceptors (Lipinski definition) is 3. The highest BCUT2D eigenvalue weighted by molar-refractivity contribution is 9.10. The lowest BCUT2D eigenvalue weighted by molar-refractivity contribution is 0.469. The summed E-state index contributed by atoms with van der Waals surface area (Å²) < 4.78 is 27.4. The molecule has 0 fully saturated rings. The Bertz CT molecular complexity index is 731. The summed E-state index contributed by atoms with van der Waals surface area (Å²) in [5.74, 6) is 0. The van der Waals surface area contributed by atoms with E-state index in [2.05, 4.69) is 15.9 Å². The van der Waals surface area contributed by atoms with Crippen molar-refractivity contribution >= 4 is 60.5 Å². The maximum atomic E-state index is 12.4. The van der Waals surface area contributed by atoms with Gasteiger partial charge in [0.1, 0.15) is 0 Å². The van der Waals surface area contributed by atoms with Gasteiger partial charge in [-0.1, -0.05) is 23.2 Å². The number of benzene rings is 1.